The Morgan fingerprint density at radius 1 is 1.23 bits per heavy atom. The molecule has 0 radical (unpaired) electrons. The number of thiophene rings is 1. The van der Waals surface area contributed by atoms with Crippen LogP contribution < -0.4 is 5.32 Å². The summed E-state index contributed by atoms with van der Waals surface area (Å²) in [7, 11) is 2.11. The van der Waals surface area contributed by atoms with Gasteiger partial charge in [0.2, 0.25) is 0 Å². The molecule has 0 saturated carbocycles. The summed E-state index contributed by atoms with van der Waals surface area (Å²) in [6.07, 6.45) is 2.66. The first-order chi connectivity index (χ1) is 14.9. The normalized spacial score (nSPS) is 14.4. The molecule has 31 heavy (non-hydrogen) atoms. The van der Waals surface area contributed by atoms with Crippen LogP contribution >= 0.6 is 22.7 Å². The fourth-order valence-corrected chi connectivity index (χ4v) is 5.73. The number of pyridine rings is 1. The Morgan fingerprint density at radius 3 is 2.81 bits per heavy atom. The smallest absolute Gasteiger partial charge is 0.258 e. The largest absolute Gasteiger partial charge is 0.301 e. The third-order valence-corrected chi connectivity index (χ3v) is 7.46. The summed E-state index contributed by atoms with van der Waals surface area (Å²) in [5.41, 5.74) is 3.19. The Labute approximate surface area is 188 Å². The molecule has 0 bridgehead atoms. The van der Waals surface area contributed by atoms with Gasteiger partial charge in [0.1, 0.15) is 0 Å². The Hall–Kier alpha value is -2.62. The summed E-state index contributed by atoms with van der Waals surface area (Å²) in [6, 6.07) is 6.14. The number of carbonyl (C=O) groups excluding carboxylic acids is 1. The first-order valence-corrected chi connectivity index (χ1v) is 12.0. The second kappa shape index (κ2) is 7.81. The van der Waals surface area contributed by atoms with Crippen molar-refractivity contribution < 1.29 is 4.79 Å². The fourth-order valence-electron chi connectivity index (χ4n) is 3.82. The van der Waals surface area contributed by atoms with Gasteiger partial charge in [-0.25, -0.2) is 14.6 Å². The molecule has 7 nitrogen and oxygen atoms in total. The van der Waals surface area contributed by atoms with Crippen molar-refractivity contribution in [3.05, 3.63) is 45.4 Å². The number of hydrogen-bond acceptors (Lipinski definition) is 7. The molecule has 0 saturated heterocycles. The molecule has 160 valence electrons. The molecule has 0 aliphatic carbocycles. The van der Waals surface area contributed by atoms with Gasteiger partial charge in [-0.2, -0.15) is 5.10 Å². The summed E-state index contributed by atoms with van der Waals surface area (Å²) in [5, 5.41) is 8.95. The Kier molecular flexibility index (Phi) is 5.11. The minimum absolute atomic E-state index is 0.143. The van der Waals surface area contributed by atoms with Gasteiger partial charge >= 0.3 is 0 Å². The quantitative estimate of drug-likeness (QED) is 0.484. The standard InChI is InChI=1S/C22H24N6OS2/c1-12(2)28-20-15(10-23-28)14(9-17(24-20)18-6-5-13(3)30-18)21(29)26-22-25-16-7-8-27(4)11-19(16)31-22/h5-6,9-10,12H,7-8,11H2,1-4H3,(H,25,26,29). The van der Waals surface area contributed by atoms with Gasteiger partial charge in [-0.3, -0.25) is 10.1 Å². The second-order valence-corrected chi connectivity index (χ2v) is 10.6. The van der Waals surface area contributed by atoms with Crippen molar-refractivity contribution in [1.29, 1.82) is 0 Å². The average Bonchev–Trinajstić information content (AvgIpc) is 3.44. The number of likely N-dealkylation sites (N-methyl/N-ethyl adjacent to an activating group) is 1. The van der Waals surface area contributed by atoms with Crippen LogP contribution in [0.25, 0.3) is 21.6 Å². The van der Waals surface area contributed by atoms with E-state index in [1.807, 2.05) is 10.7 Å². The predicted octanol–water partition coefficient (Wildman–Crippen LogP) is 4.75. The van der Waals surface area contributed by atoms with Crippen LogP contribution in [-0.4, -0.2) is 44.1 Å². The molecule has 1 amide bonds. The summed E-state index contributed by atoms with van der Waals surface area (Å²) in [4.78, 5) is 28.6. The van der Waals surface area contributed by atoms with Crippen molar-refractivity contribution in [1.82, 2.24) is 24.6 Å². The zero-order valence-corrected chi connectivity index (χ0v) is 19.6. The maximum Gasteiger partial charge on any atom is 0.258 e. The maximum atomic E-state index is 13.4. The van der Waals surface area contributed by atoms with Crippen molar-refractivity contribution in [3.63, 3.8) is 0 Å². The van der Waals surface area contributed by atoms with Gasteiger partial charge < -0.3 is 4.90 Å². The highest BCUT2D eigenvalue weighted by Crippen LogP contribution is 2.32. The number of thiazole rings is 1. The number of anilines is 1. The fraction of sp³-hybridized carbons (Fsp3) is 0.364. The van der Waals surface area contributed by atoms with Gasteiger partial charge in [0.05, 0.1) is 33.4 Å². The lowest BCUT2D eigenvalue weighted by atomic mass is 10.1. The zero-order valence-electron chi connectivity index (χ0n) is 18.0. The number of rotatable bonds is 4. The third-order valence-electron chi connectivity index (χ3n) is 5.44. The van der Waals surface area contributed by atoms with Crippen LogP contribution in [0.4, 0.5) is 5.13 Å². The highest BCUT2D eigenvalue weighted by Gasteiger charge is 2.22. The van der Waals surface area contributed by atoms with E-state index in [4.69, 9.17) is 4.98 Å². The number of aromatic nitrogens is 4. The highest BCUT2D eigenvalue weighted by molar-refractivity contribution is 7.16. The Morgan fingerprint density at radius 2 is 2.06 bits per heavy atom. The molecule has 0 spiro atoms. The molecule has 1 aliphatic heterocycles. The van der Waals surface area contributed by atoms with Crippen LogP contribution in [0, 0.1) is 6.92 Å². The van der Waals surface area contributed by atoms with E-state index in [9.17, 15) is 4.79 Å². The number of aryl methyl sites for hydroxylation is 1. The minimum atomic E-state index is -0.176. The third kappa shape index (κ3) is 3.77. The Balaban J connectivity index is 1.56. The van der Waals surface area contributed by atoms with Crippen molar-refractivity contribution in [2.45, 2.75) is 39.8 Å². The molecule has 0 unspecified atom stereocenters. The van der Waals surface area contributed by atoms with Crippen LogP contribution in [0.15, 0.2) is 24.4 Å². The SMILES string of the molecule is Cc1ccc(-c2cc(C(=O)Nc3nc4c(s3)CN(C)CC4)c3cnn(C(C)C)c3n2)s1. The van der Waals surface area contributed by atoms with Crippen LogP contribution in [0.3, 0.4) is 0 Å². The van der Waals surface area contributed by atoms with Crippen LogP contribution in [0.2, 0.25) is 0 Å². The van der Waals surface area contributed by atoms with Gasteiger partial charge in [-0.1, -0.05) is 0 Å². The van der Waals surface area contributed by atoms with E-state index in [2.05, 4.69) is 60.3 Å². The molecule has 5 heterocycles. The van der Waals surface area contributed by atoms with Crippen LogP contribution in [0.1, 0.15) is 45.7 Å². The molecular formula is C22H24N6OS2. The average molecular weight is 453 g/mol. The van der Waals surface area contributed by atoms with Crippen molar-refractivity contribution in [2.24, 2.45) is 0 Å². The van der Waals surface area contributed by atoms with E-state index in [-0.39, 0.29) is 11.9 Å². The van der Waals surface area contributed by atoms with Gasteiger partial charge in [0, 0.05) is 35.3 Å². The number of fused-ring (bicyclic) bond motifs is 2. The molecular weight excluding hydrogens is 428 g/mol. The minimum Gasteiger partial charge on any atom is -0.301 e. The van der Waals surface area contributed by atoms with Crippen molar-refractivity contribution in [2.75, 3.05) is 18.9 Å². The van der Waals surface area contributed by atoms with E-state index in [0.29, 0.717) is 10.7 Å². The van der Waals surface area contributed by atoms with Gasteiger partial charge in [-0.15, -0.1) is 22.7 Å². The number of amides is 1. The van der Waals surface area contributed by atoms with Crippen LogP contribution in [0.5, 0.6) is 0 Å². The number of hydrogen-bond donors (Lipinski definition) is 1. The first kappa shape index (κ1) is 20.3. The molecule has 1 N–H and O–H groups in total. The first-order valence-electron chi connectivity index (χ1n) is 10.3. The van der Waals surface area contributed by atoms with Crippen molar-refractivity contribution in [3.8, 4) is 10.6 Å². The van der Waals surface area contributed by atoms with E-state index >= 15 is 0 Å². The predicted molar refractivity (Wildman–Crippen MR) is 126 cm³/mol. The lowest BCUT2D eigenvalue weighted by Crippen LogP contribution is -2.25. The van der Waals surface area contributed by atoms with Gasteiger partial charge in [0.25, 0.3) is 5.91 Å². The summed E-state index contributed by atoms with van der Waals surface area (Å²) in [6.45, 7) is 8.07. The van der Waals surface area contributed by atoms with E-state index < -0.39 is 0 Å². The summed E-state index contributed by atoms with van der Waals surface area (Å²) < 4.78 is 1.87. The number of nitrogens with zero attached hydrogens (tertiary/aromatic N) is 5. The maximum absolute atomic E-state index is 13.4. The molecule has 9 heteroatoms. The molecule has 4 aromatic heterocycles. The number of carbonyl (C=O) groups is 1. The molecule has 0 fully saturated rings. The molecule has 1 aliphatic rings. The Bertz CT molecular complexity index is 1280. The zero-order chi connectivity index (χ0) is 21.7. The molecule has 4 aromatic rings. The topological polar surface area (TPSA) is 75.9 Å². The second-order valence-electron chi connectivity index (χ2n) is 8.22. The van der Waals surface area contributed by atoms with Gasteiger partial charge in [0.15, 0.2) is 10.8 Å². The monoisotopic (exact) mass is 452 g/mol. The molecule has 0 aromatic carbocycles. The number of nitrogens with one attached hydrogen (secondary N) is 1. The van der Waals surface area contributed by atoms with Gasteiger partial charge in [-0.05, 0) is 46.0 Å². The van der Waals surface area contributed by atoms with E-state index in [0.717, 1.165) is 46.8 Å². The van der Waals surface area contributed by atoms with Crippen LogP contribution in [-0.2, 0) is 13.0 Å². The van der Waals surface area contributed by atoms with Crippen molar-refractivity contribution >= 4 is 44.7 Å². The highest BCUT2D eigenvalue weighted by atomic mass is 32.1. The van der Waals surface area contributed by atoms with E-state index in [1.165, 1.54) is 9.75 Å². The summed E-state index contributed by atoms with van der Waals surface area (Å²) in [5.74, 6) is -0.176. The summed E-state index contributed by atoms with van der Waals surface area (Å²) >= 11 is 3.23. The lowest BCUT2D eigenvalue weighted by molar-refractivity contribution is 0.102. The molecule has 5 rings (SSSR count). The van der Waals surface area contributed by atoms with E-state index in [1.54, 1.807) is 28.9 Å². The molecule has 0 atom stereocenters. The lowest BCUT2D eigenvalue weighted by Gasteiger charge is -2.20.